The Kier molecular flexibility index (Phi) is 4.28. The number of aromatic nitrogens is 3. The van der Waals surface area contributed by atoms with Gasteiger partial charge in [0.25, 0.3) is 0 Å². The van der Waals surface area contributed by atoms with Crippen LogP contribution in [0.4, 0.5) is 0 Å². The van der Waals surface area contributed by atoms with Crippen molar-refractivity contribution in [2.45, 2.75) is 24.6 Å². The summed E-state index contributed by atoms with van der Waals surface area (Å²) in [7, 11) is 0. The van der Waals surface area contributed by atoms with Gasteiger partial charge in [0.05, 0.1) is 11.2 Å². The lowest BCUT2D eigenvalue weighted by atomic mass is 10.1. The number of benzene rings is 2. The third kappa shape index (κ3) is 3.44. The Morgan fingerprint density at radius 3 is 2.60 bits per heavy atom. The molecule has 4 rings (SSSR count). The van der Waals surface area contributed by atoms with E-state index in [1.54, 1.807) is 11.8 Å². The first-order valence-corrected chi connectivity index (χ1v) is 9.27. The van der Waals surface area contributed by atoms with Crippen LogP contribution < -0.4 is 0 Å². The summed E-state index contributed by atoms with van der Waals surface area (Å²) in [6.45, 7) is 4.22. The van der Waals surface area contributed by atoms with Crippen molar-refractivity contribution in [3.63, 3.8) is 0 Å². The first kappa shape index (κ1) is 15.9. The maximum Gasteiger partial charge on any atom is 0.122 e. The van der Waals surface area contributed by atoms with E-state index in [4.69, 9.17) is 5.10 Å². The third-order valence-electron chi connectivity index (χ3n) is 4.16. The van der Waals surface area contributed by atoms with Crippen molar-refractivity contribution in [3.8, 4) is 11.3 Å². The molecule has 4 aromatic rings. The van der Waals surface area contributed by atoms with E-state index in [0.29, 0.717) is 0 Å². The van der Waals surface area contributed by atoms with E-state index in [1.807, 2.05) is 16.9 Å². The van der Waals surface area contributed by atoms with Crippen LogP contribution in [0.15, 0.2) is 72.0 Å². The Hall–Kier alpha value is -2.59. The molecule has 25 heavy (non-hydrogen) atoms. The molecule has 0 aliphatic rings. The molecule has 0 spiro atoms. The van der Waals surface area contributed by atoms with E-state index in [2.05, 4.69) is 73.4 Å². The van der Waals surface area contributed by atoms with E-state index < -0.39 is 0 Å². The molecule has 3 nitrogen and oxygen atoms in total. The number of nitrogens with zero attached hydrogens (tertiary/aromatic N) is 3. The highest BCUT2D eigenvalue weighted by Crippen LogP contribution is 2.28. The molecule has 4 heteroatoms. The van der Waals surface area contributed by atoms with Crippen LogP contribution in [0.25, 0.3) is 16.8 Å². The van der Waals surface area contributed by atoms with Crippen LogP contribution in [-0.4, -0.2) is 14.6 Å². The molecular weight excluding hydrogens is 326 g/mol. The molecule has 0 aliphatic heterocycles. The molecule has 0 unspecified atom stereocenters. The molecular formula is C21H19N3S. The number of fused-ring (bicyclic) bond motifs is 1. The summed E-state index contributed by atoms with van der Waals surface area (Å²) in [6.07, 6.45) is 3.72. The van der Waals surface area contributed by atoms with E-state index in [0.717, 1.165) is 27.6 Å². The molecule has 0 fully saturated rings. The van der Waals surface area contributed by atoms with Crippen molar-refractivity contribution in [2.24, 2.45) is 0 Å². The number of aryl methyl sites for hydroxylation is 2. The molecule has 2 aromatic carbocycles. The van der Waals surface area contributed by atoms with E-state index >= 15 is 0 Å². The van der Waals surface area contributed by atoms with Crippen molar-refractivity contribution in [3.05, 3.63) is 83.7 Å². The van der Waals surface area contributed by atoms with Gasteiger partial charge in [0, 0.05) is 23.7 Å². The van der Waals surface area contributed by atoms with E-state index in [9.17, 15) is 0 Å². The van der Waals surface area contributed by atoms with Gasteiger partial charge < -0.3 is 0 Å². The molecule has 0 amide bonds. The monoisotopic (exact) mass is 345 g/mol. The lowest BCUT2D eigenvalue weighted by Gasteiger charge is -2.04. The van der Waals surface area contributed by atoms with Crippen molar-refractivity contribution in [2.75, 3.05) is 0 Å². The Labute approximate surface area is 151 Å². The molecule has 124 valence electrons. The van der Waals surface area contributed by atoms with Gasteiger partial charge in [-0.15, -0.1) is 0 Å². The second kappa shape index (κ2) is 6.73. The molecule has 0 aliphatic carbocycles. The SMILES string of the molecule is Cc1ccc(-c2cc3c(SCc4cccc(C)c4)nccn3n2)cc1. The van der Waals surface area contributed by atoms with E-state index in [1.165, 1.54) is 16.7 Å². The normalized spacial score (nSPS) is 11.1. The van der Waals surface area contributed by atoms with Crippen LogP contribution in [0.1, 0.15) is 16.7 Å². The molecule has 0 bridgehead atoms. The van der Waals surface area contributed by atoms with Gasteiger partial charge in [-0.1, -0.05) is 71.4 Å². The van der Waals surface area contributed by atoms with Crippen LogP contribution in [0.2, 0.25) is 0 Å². The fraction of sp³-hybridized carbons (Fsp3) is 0.143. The Balaban J connectivity index is 1.64. The van der Waals surface area contributed by atoms with Gasteiger partial charge in [0.1, 0.15) is 5.03 Å². The van der Waals surface area contributed by atoms with Gasteiger partial charge >= 0.3 is 0 Å². The van der Waals surface area contributed by atoms with Crippen LogP contribution in [0, 0.1) is 13.8 Å². The van der Waals surface area contributed by atoms with Crippen molar-refractivity contribution >= 4 is 17.3 Å². The smallest absolute Gasteiger partial charge is 0.122 e. The minimum Gasteiger partial charge on any atom is -0.246 e. The quantitative estimate of drug-likeness (QED) is 0.470. The zero-order valence-corrected chi connectivity index (χ0v) is 15.1. The fourth-order valence-electron chi connectivity index (χ4n) is 2.83. The van der Waals surface area contributed by atoms with Gasteiger partial charge in [-0.25, -0.2) is 9.50 Å². The largest absolute Gasteiger partial charge is 0.246 e. The number of hydrogen-bond donors (Lipinski definition) is 0. The van der Waals surface area contributed by atoms with Crippen molar-refractivity contribution in [1.29, 1.82) is 0 Å². The lowest BCUT2D eigenvalue weighted by Crippen LogP contribution is -1.91. The molecule has 0 radical (unpaired) electrons. The Morgan fingerprint density at radius 1 is 0.960 bits per heavy atom. The first-order valence-electron chi connectivity index (χ1n) is 8.29. The van der Waals surface area contributed by atoms with Crippen LogP contribution in [0.3, 0.4) is 0 Å². The van der Waals surface area contributed by atoms with Gasteiger partial charge in [0.15, 0.2) is 0 Å². The second-order valence-electron chi connectivity index (χ2n) is 6.24. The standard InChI is InChI=1S/C21H19N3S/c1-15-6-8-18(9-7-15)19-13-20-21(22-10-11-24(20)23-19)25-14-17-5-3-4-16(2)12-17/h3-13H,14H2,1-2H3. The molecule has 0 N–H and O–H groups in total. The summed E-state index contributed by atoms with van der Waals surface area (Å²) < 4.78 is 1.92. The van der Waals surface area contributed by atoms with Crippen molar-refractivity contribution < 1.29 is 0 Å². The fourth-order valence-corrected chi connectivity index (χ4v) is 3.75. The summed E-state index contributed by atoms with van der Waals surface area (Å²) in [4.78, 5) is 4.57. The number of rotatable bonds is 4. The molecule has 2 aromatic heterocycles. The number of hydrogen-bond acceptors (Lipinski definition) is 3. The van der Waals surface area contributed by atoms with Gasteiger partial charge in [0.2, 0.25) is 0 Å². The molecule has 2 heterocycles. The maximum atomic E-state index is 4.71. The van der Waals surface area contributed by atoms with E-state index in [-0.39, 0.29) is 0 Å². The van der Waals surface area contributed by atoms with Crippen LogP contribution >= 0.6 is 11.8 Å². The zero-order chi connectivity index (χ0) is 17.2. The first-order chi connectivity index (χ1) is 12.2. The molecule has 0 atom stereocenters. The van der Waals surface area contributed by atoms with Crippen LogP contribution in [0.5, 0.6) is 0 Å². The summed E-state index contributed by atoms with van der Waals surface area (Å²) in [6, 6.07) is 19.2. The third-order valence-corrected chi connectivity index (χ3v) is 5.23. The zero-order valence-electron chi connectivity index (χ0n) is 14.3. The highest BCUT2D eigenvalue weighted by molar-refractivity contribution is 7.98. The minimum atomic E-state index is 0.902. The predicted molar refractivity (Wildman–Crippen MR) is 104 cm³/mol. The summed E-state index contributed by atoms with van der Waals surface area (Å²) in [5.74, 6) is 0.902. The van der Waals surface area contributed by atoms with Gasteiger partial charge in [-0.05, 0) is 25.5 Å². The minimum absolute atomic E-state index is 0.902. The lowest BCUT2D eigenvalue weighted by molar-refractivity contribution is 0.920. The number of thioether (sulfide) groups is 1. The molecule has 0 saturated heterocycles. The topological polar surface area (TPSA) is 30.2 Å². The average molecular weight is 345 g/mol. The van der Waals surface area contributed by atoms with Crippen LogP contribution in [-0.2, 0) is 5.75 Å². The Morgan fingerprint density at radius 2 is 1.80 bits per heavy atom. The maximum absolute atomic E-state index is 4.71. The second-order valence-corrected chi connectivity index (χ2v) is 7.20. The van der Waals surface area contributed by atoms with Crippen molar-refractivity contribution in [1.82, 2.24) is 14.6 Å². The summed E-state index contributed by atoms with van der Waals surface area (Å²) in [5.41, 5.74) is 7.01. The Bertz CT molecular complexity index is 1020. The van der Waals surface area contributed by atoms with Gasteiger partial charge in [-0.3, -0.25) is 0 Å². The highest BCUT2D eigenvalue weighted by Gasteiger charge is 2.09. The predicted octanol–water partition coefficient (Wildman–Crippen LogP) is 5.31. The summed E-state index contributed by atoms with van der Waals surface area (Å²) >= 11 is 1.75. The molecule has 0 saturated carbocycles. The summed E-state index contributed by atoms with van der Waals surface area (Å²) in [5, 5.41) is 5.71. The van der Waals surface area contributed by atoms with Gasteiger partial charge in [-0.2, -0.15) is 5.10 Å². The average Bonchev–Trinajstić information content (AvgIpc) is 3.05. The highest BCUT2D eigenvalue weighted by atomic mass is 32.2.